The number of H-pyrrole nitrogens is 1. The van der Waals surface area contributed by atoms with Crippen molar-refractivity contribution in [2.45, 2.75) is 38.4 Å². The van der Waals surface area contributed by atoms with Gasteiger partial charge in [-0.2, -0.15) is 10.1 Å². The Labute approximate surface area is 134 Å². The van der Waals surface area contributed by atoms with E-state index in [0.29, 0.717) is 29.9 Å². The molecule has 1 aliphatic rings. The Hall–Kier alpha value is -2.19. The van der Waals surface area contributed by atoms with Crippen LogP contribution < -0.4 is 10.1 Å². The first kappa shape index (κ1) is 15.7. The van der Waals surface area contributed by atoms with Gasteiger partial charge in [0.05, 0.1) is 31.7 Å². The summed E-state index contributed by atoms with van der Waals surface area (Å²) in [7, 11) is 0. The summed E-state index contributed by atoms with van der Waals surface area (Å²) in [5, 5.41) is 19.9. The van der Waals surface area contributed by atoms with Gasteiger partial charge in [-0.3, -0.25) is 10.1 Å². The molecular formula is C15H21N5O3. The average Bonchev–Trinajstić information content (AvgIpc) is 2.91. The van der Waals surface area contributed by atoms with Crippen molar-refractivity contribution in [3.8, 4) is 5.88 Å². The summed E-state index contributed by atoms with van der Waals surface area (Å²) in [5.74, 6) is 1.95. The van der Waals surface area contributed by atoms with Crippen LogP contribution in [-0.4, -0.2) is 50.7 Å². The van der Waals surface area contributed by atoms with E-state index in [-0.39, 0.29) is 6.10 Å². The molecule has 3 heterocycles. The van der Waals surface area contributed by atoms with Gasteiger partial charge < -0.3 is 19.9 Å². The van der Waals surface area contributed by atoms with Crippen molar-refractivity contribution in [1.82, 2.24) is 20.2 Å². The lowest BCUT2D eigenvalue weighted by molar-refractivity contribution is 0.00670. The summed E-state index contributed by atoms with van der Waals surface area (Å²) in [6.07, 6.45) is 2.92. The number of rotatable bonds is 7. The van der Waals surface area contributed by atoms with Gasteiger partial charge in [0, 0.05) is 17.7 Å². The topological polar surface area (TPSA) is 105 Å². The number of hydrogen-bond donors (Lipinski definition) is 3. The molecule has 23 heavy (non-hydrogen) atoms. The van der Waals surface area contributed by atoms with E-state index in [1.807, 2.05) is 13.0 Å². The third-order valence-corrected chi connectivity index (χ3v) is 3.76. The summed E-state index contributed by atoms with van der Waals surface area (Å²) < 4.78 is 10.8. The van der Waals surface area contributed by atoms with Crippen molar-refractivity contribution < 1.29 is 14.6 Å². The monoisotopic (exact) mass is 319 g/mol. The fourth-order valence-corrected chi connectivity index (χ4v) is 2.30. The highest BCUT2D eigenvalue weighted by atomic mass is 16.5. The summed E-state index contributed by atoms with van der Waals surface area (Å²) in [4.78, 5) is 8.45. The highest BCUT2D eigenvalue weighted by Crippen LogP contribution is 2.25. The number of aromatic amines is 1. The summed E-state index contributed by atoms with van der Waals surface area (Å²) in [6, 6.07) is 1.94. The molecule has 0 amide bonds. The van der Waals surface area contributed by atoms with Crippen LogP contribution in [0.25, 0.3) is 0 Å². The Morgan fingerprint density at radius 1 is 1.43 bits per heavy atom. The number of anilines is 2. The molecule has 2 aromatic heterocycles. The van der Waals surface area contributed by atoms with Gasteiger partial charge in [-0.1, -0.05) is 6.92 Å². The molecule has 0 radical (unpaired) electrons. The lowest BCUT2D eigenvalue weighted by Gasteiger charge is -2.24. The first-order chi connectivity index (χ1) is 11.2. The van der Waals surface area contributed by atoms with Crippen LogP contribution in [0, 0.1) is 0 Å². The maximum absolute atomic E-state index is 9.65. The van der Waals surface area contributed by atoms with Crippen LogP contribution in [0.5, 0.6) is 5.88 Å². The molecule has 8 heteroatoms. The minimum Gasteiger partial charge on any atom is -0.470 e. The average molecular weight is 319 g/mol. The Kier molecular flexibility index (Phi) is 4.73. The number of aliphatic hydroxyl groups excluding tert-OH is 1. The van der Waals surface area contributed by atoms with Crippen LogP contribution in [0.15, 0.2) is 18.5 Å². The number of aromatic nitrogens is 4. The first-order valence-corrected chi connectivity index (χ1v) is 7.72. The smallest absolute Gasteiger partial charge is 0.234 e. The highest BCUT2D eigenvalue weighted by molar-refractivity contribution is 5.51. The molecule has 3 rings (SSSR count). The number of ether oxygens (including phenoxy) is 2. The van der Waals surface area contributed by atoms with Crippen molar-refractivity contribution in [2.24, 2.45) is 0 Å². The highest BCUT2D eigenvalue weighted by Gasteiger charge is 2.22. The molecular weight excluding hydrogens is 298 g/mol. The molecule has 0 saturated carbocycles. The number of hydrogen-bond acceptors (Lipinski definition) is 7. The van der Waals surface area contributed by atoms with Crippen molar-refractivity contribution >= 4 is 11.6 Å². The number of nitrogens with zero attached hydrogens (tertiary/aromatic N) is 3. The molecule has 2 aromatic rings. The van der Waals surface area contributed by atoms with Crippen molar-refractivity contribution in [3.63, 3.8) is 0 Å². The second-order valence-corrected chi connectivity index (χ2v) is 5.62. The van der Waals surface area contributed by atoms with Crippen LogP contribution in [-0.2, 0) is 4.74 Å². The minimum absolute atomic E-state index is 0.310. The molecule has 0 bridgehead atoms. The molecule has 0 aliphatic carbocycles. The van der Waals surface area contributed by atoms with Gasteiger partial charge in [0.25, 0.3) is 0 Å². The van der Waals surface area contributed by atoms with Crippen LogP contribution in [0.3, 0.4) is 0 Å². The van der Waals surface area contributed by atoms with Crippen molar-refractivity contribution in [3.05, 3.63) is 24.2 Å². The third-order valence-electron chi connectivity index (χ3n) is 3.76. The second-order valence-electron chi connectivity index (χ2n) is 5.62. The predicted molar refractivity (Wildman–Crippen MR) is 83.9 cm³/mol. The normalized spacial score (nSPS) is 17.3. The van der Waals surface area contributed by atoms with Gasteiger partial charge in [-0.25, -0.2) is 0 Å². The molecule has 124 valence electrons. The molecule has 8 nitrogen and oxygen atoms in total. The Morgan fingerprint density at radius 2 is 2.26 bits per heavy atom. The molecule has 3 N–H and O–H groups in total. The lowest BCUT2D eigenvalue weighted by atomic mass is 10.0. The van der Waals surface area contributed by atoms with E-state index < -0.39 is 6.10 Å². The number of aliphatic hydroxyl groups is 1. The van der Waals surface area contributed by atoms with Crippen molar-refractivity contribution in [1.29, 1.82) is 0 Å². The van der Waals surface area contributed by atoms with Gasteiger partial charge in [-0.15, -0.1) is 0 Å². The summed E-state index contributed by atoms with van der Waals surface area (Å²) in [6.45, 7) is 5.09. The summed E-state index contributed by atoms with van der Waals surface area (Å²) in [5.41, 5.74) is 1.04. The van der Waals surface area contributed by atoms with E-state index >= 15 is 0 Å². The van der Waals surface area contributed by atoms with Crippen LogP contribution >= 0.6 is 0 Å². The molecule has 0 aromatic carbocycles. The molecule has 1 fully saturated rings. The fraction of sp³-hybridized carbons (Fsp3) is 0.533. The van der Waals surface area contributed by atoms with Gasteiger partial charge in [0.15, 0.2) is 11.6 Å². The first-order valence-electron chi connectivity index (χ1n) is 7.72. The van der Waals surface area contributed by atoms with Gasteiger partial charge in [-0.05, 0) is 13.3 Å². The molecule has 2 atom stereocenters. The zero-order chi connectivity index (χ0) is 16.2. The Bertz CT molecular complexity index is 642. The Morgan fingerprint density at radius 3 is 2.91 bits per heavy atom. The van der Waals surface area contributed by atoms with Gasteiger partial charge in [0.2, 0.25) is 5.88 Å². The third kappa shape index (κ3) is 3.77. The van der Waals surface area contributed by atoms with E-state index in [0.717, 1.165) is 18.9 Å². The predicted octanol–water partition coefficient (Wildman–Crippen LogP) is 1.60. The standard InChI is InChI=1S/C15H21N5O3/c1-3-12(9(2)21)23-15-6-16-5-14(18-15)17-13-4-11(19-20-13)10-7-22-8-10/h4-6,9-10,12,21H,3,7-8H2,1-2H3,(H2,17,18,19,20)/t9-,12-/m1/s1. The minimum atomic E-state index is -0.572. The van der Waals surface area contributed by atoms with Crippen LogP contribution in [0.2, 0.25) is 0 Å². The largest absolute Gasteiger partial charge is 0.470 e. The SMILES string of the molecule is CC[C@@H](Oc1cncc(Nc2cc(C3COC3)[nH]n2)n1)[C@@H](C)O. The summed E-state index contributed by atoms with van der Waals surface area (Å²) >= 11 is 0. The maximum atomic E-state index is 9.65. The number of nitrogens with one attached hydrogen (secondary N) is 2. The molecule has 1 aliphatic heterocycles. The van der Waals surface area contributed by atoms with E-state index in [1.54, 1.807) is 13.1 Å². The van der Waals surface area contributed by atoms with Crippen LogP contribution in [0.1, 0.15) is 31.9 Å². The van der Waals surface area contributed by atoms with E-state index in [2.05, 4.69) is 25.5 Å². The fourth-order valence-electron chi connectivity index (χ4n) is 2.30. The zero-order valence-corrected chi connectivity index (χ0v) is 13.2. The second kappa shape index (κ2) is 6.93. The van der Waals surface area contributed by atoms with Crippen LogP contribution in [0.4, 0.5) is 11.6 Å². The Balaban J connectivity index is 1.66. The van der Waals surface area contributed by atoms with E-state index in [4.69, 9.17) is 9.47 Å². The van der Waals surface area contributed by atoms with E-state index in [9.17, 15) is 5.11 Å². The molecule has 0 spiro atoms. The lowest BCUT2D eigenvalue weighted by Crippen LogP contribution is -2.28. The maximum Gasteiger partial charge on any atom is 0.234 e. The van der Waals surface area contributed by atoms with E-state index in [1.165, 1.54) is 6.20 Å². The molecule has 0 unspecified atom stereocenters. The van der Waals surface area contributed by atoms with Gasteiger partial charge >= 0.3 is 0 Å². The molecule has 1 saturated heterocycles. The quantitative estimate of drug-likeness (QED) is 0.711. The van der Waals surface area contributed by atoms with Gasteiger partial charge in [0.1, 0.15) is 6.10 Å². The van der Waals surface area contributed by atoms with Crippen molar-refractivity contribution in [2.75, 3.05) is 18.5 Å². The zero-order valence-electron chi connectivity index (χ0n) is 13.2.